The number of aromatic carboxylic acids is 1. The van der Waals surface area contributed by atoms with Crippen molar-refractivity contribution in [3.05, 3.63) is 33.4 Å². The van der Waals surface area contributed by atoms with Gasteiger partial charge in [-0.2, -0.15) is 0 Å². The number of carboxylic acid groups (broad SMARTS) is 1. The first kappa shape index (κ1) is 13.5. The Balaban J connectivity index is 3.36. The SMILES string of the molecule is C#CC(C)Oc1cc(C(=O)O)cc([N+](=O)[O-])c1C. The van der Waals surface area contributed by atoms with E-state index in [2.05, 4.69) is 5.92 Å². The molecule has 1 unspecified atom stereocenters. The van der Waals surface area contributed by atoms with Crippen molar-refractivity contribution < 1.29 is 19.6 Å². The highest BCUT2D eigenvalue weighted by Crippen LogP contribution is 2.30. The lowest BCUT2D eigenvalue weighted by Gasteiger charge is -2.12. The van der Waals surface area contributed by atoms with Crippen LogP contribution in [0.5, 0.6) is 5.75 Å². The number of nitro groups is 1. The van der Waals surface area contributed by atoms with E-state index in [0.717, 1.165) is 6.07 Å². The molecule has 1 atom stereocenters. The zero-order valence-corrected chi connectivity index (χ0v) is 9.84. The molecule has 1 aromatic rings. The fourth-order valence-electron chi connectivity index (χ4n) is 1.33. The maximum Gasteiger partial charge on any atom is 0.336 e. The summed E-state index contributed by atoms with van der Waals surface area (Å²) in [6.07, 6.45) is 4.54. The van der Waals surface area contributed by atoms with Gasteiger partial charge in [0.1, 0.15) is 5.75 Å². The minimum Gasteiger partial charge on any atom is -0.478 e. The first-order chi connectivity index (χ1) is 8.36. The topological polar surface area (TPSA) is 89.7 Å². The van der Waals surface area contributed by atoms with Crippen molar-refractivity contribution in [1.29, 1.82) is 0 Å². The highest BCUT2D eigenvalue weighted by molar-refractivity contribution is 5.89. The third kappa shape index (κ3) is 2.77. The van der Waals surface area contributed by atoms with Gasteiger partial charge in [0.2, 0.25) is 0 Å². The Kier molecular flexibility index (Phi) is 3.89. The zero-order valence-electron chi connectivity index (χ0n) is 9.84. The predicted octanol–water partition coefficient (Wildman–Crippen LogP) is 2.00. The number of nitro benzene ring substituents is 1. The van der Waals surface area contributed by atoms with Gasteiger partial charge in [-0.25, -0.2) is 4.79 Å². The van der Waals surface area contributed by atoms with Crippen LogP contribution in [0.25, 0.3) is 0 Å². The smallest absolute Gasteiger partial charge is 0.336 e. The lowest BCUT2D eigenvalue weighted by atomic mass is 10.1. The molecule has 6 nitrogen and oxygen atoms in total. The maximum absolute atomic E-state index is 10.9. The normalized spacial score (nSPS) is 11.4. The third-order valence-corrected chi connectivity index (χ3v) is 2.31. The van der Waals surface area contributed by atoms with Gasteiger partial charge in [0, 0.05) is 6.07 Å². The molecule has 0 saturated carbocycles. The number of hydrogen-bond acceptors (Lipinski definition) is 4. The molecule has 1 N–H and O–H groups in total. The fourth-order valence-corrected chi connectivity index (χ4v) is 1.33. The molecule has 0 aromatic heterocycles. The average Bonchev–Trinajstić information content (AvgIpc) is 2.30. The summed E-state index contributed by atoms with van der Waals surface area (Å²) in [5.41, 5.74) is -0.284. The van der Waals surface area contributed by atoms with Crippen LogP contribution < -0.4 is 4.74 Å². The van der Waals surface area contributed by atoms with E-state index >= 15 is 0 Å². The van der Waals surface area contributed by atoms with Crippen molar-refractivity contribution in [3.8, 4) is 18.1 Å². The van der Waals surface area contributed by atoms with Gasteiger partial charge in [-0.15, -0.1) is 6.42 Å². The van der Waals surface area contributed by atoms with E-state index < -0.39 is 17.0 Å². The van der Waals surface area contributed by atoms with Crippen LogP contribution in [0.2, 0.25) is 0 Å². The molecule has 0 amide bonds. The summed E-state index contributed by atoms with van der Waals surface area (Å²) in [4.78, 5) is 21.0. The molecule has 1 aromatic carbocycles. The van der Waals surface area contributed by atoms with E-state index in [0.29, 0.717) is 0 Å². The Bertz CT molecular complexity index is 544. The number of ether oxygens (including phenoxy) is 1. The zero-order chi connectivity index (χ0) is 13.9. The van der Waals surface area contributed by atoms with E-state index in [4.69, 9.17) is 16.3 Å². The maximum atomic E-state index is 10.9. The summed E-state index contributed by atoms with van der Waals surface area (Å²) >= 11 is 0. The molecule has 1 rings (SSSR count). The largest absolute Gasteiger partial charge is 0.478 e. The van der Waals surface area contributed by atoms with Gasteiger partial charge in [0.05, 0.1) is 16.1 Å². The quantitative estimate of drug-likeness (QED) is 0.500. The second-order valence-electron chi connectivity index (χ2n) is 3.61. The van der Waals surface area contributed by atoms with Crippen molar-refractivity contribution in [2.24, 2.45) is 0 Å². The molecule has 0 aliphatic carbocycles. The first-order valence-electron chi connectivity index (χ1n) is 5.02. The van der Waals surface area contributed by atoms with E-state index in [1.165, 1.54) is 13.0 Å². The Hall–Kier alpha value is -2.55. The summed E-state index contributed by atoms with van der Waals surface area (Å²) in [6.45, 7) is 3.06. The van der Waals surface area contributed by atoms with E-state index in [-0.39, 0.29) is 22.6 Å². The van der Waals surface area contributed by atoms with Gasteiger partial charge in [0.25, 0.3) is 5.69 Å². The molecule has 0 radical (unpaired) electrons. The number of hydrogen-bond donors (Lipinski definition) is 1. The number of carbonyl (C=O) groups is 1. The molecule has 0 aliphatic rings. The Morgan fingerprint density at radius 3 is 2.67 bits per heavy atom. The van der Waals surface area contributed by atoms with Crippen LogP contribution in [-0.4, -0.2) is 22.1 Å². The van der Waals surface area contributed by atoms with Crippen LogP contribution in [-0.2, 0) is 0 Å². The second kappa shape index (κ2) is 5.19. The van der Waals surface area contributed by atoms with Crippen LogP contribution in [0.4, 0.5) is 5.69 Å². The van der Waals surface area contributed by atoms with Crippen LogP contribution in [0.1, 0.15) is 22.8 Å². The number of benzene rings is 1. The molecule has 0 bridgehead atoms. The van der Waals surface area contributed by atoms with Gasteiger partial charge in [-0.05, 0) is 19.9 Å². The van der Waals surface area contributed by atoms with Crippen molar-refractivity contribution in [3.63, 3.8) is 0 Å². The number of nitrogens with zero attached hydrogens (tertiary/aromatic N) is 1. The molecule has 0 saturated heterocycles. The van der Waals surface area contributed by atoms with Gasteiger partial charge >= 0.3 is 5.97 Å². The Morgan fingerprint density at radius 1 is 1.61 bits per heavy atom. The predicted molar refractivity (Wildman–Crippen MR) is 63.7 cm³/mol. The number of terminal acetylenes is 1. The van der Waals surface area contributed by atoms with Crippen molar-refractivity contribution in [2.45, 2.75) is 20.0 Å². The minimum atomic E-state index is -1.27. The number of rotatable bonds is 4. The standard InChI is InChI=1S/C12H11NO5/c1-4-7(2)18-11-6-9(12(14)15)5-10(8(11)3)13(16)17/h1,5-7H,2-3H3,(H,14,15). The number of carboxylic acids is 1. The second-order valence-corrected chi connectivity index (χ2v) is 3.61. The van der Waals surface area contributed by atoms with Crippen molar-refractivity contribution in [1.82, 2.24) is 0 Å². The molecule has 94 valence electrons. The summed E-state index contributed by atoms with van der Waals surface area (Å²) in [5.74, 6) is 1.13. The molecule has 6 heteroatoms. The van der Waals surface area contributed by atoms with E-state index in [9.17, 15) is 14.9 Å². The van der Waals surface area contributed by atoms with Gasteiger partial charge in [-0.1, -0.05) is 5.92 Å². The van der Waals surface area contributed by atoms with Crippen LogP contribution in [0, 0.1) is 29.4 Å². The lowest BCUT2D eigenvalue weighted by molar-refractivity contribution is -0.385. The van der Waals surface area contributed by atoms with Crippen molar-refractivity contribution in [2.75, 3.05) is 0 Å². The van der Waals surface area contributed by atoms with Crippen LogP contribution >= 0.6 is 0 Å². The summed E-state index contributed by atoms with van der Waals surface area (Å²) in [6, 6.07) is 2.21. The molecule has 0 fully saturated rings. The van der Waals surface area contributed by atoms with Gasteiger partial charge in [-0.3, -0.25) is 10.1 Å². The summed E-state index contributed by atoms with van der Waals surface area (Å²) in [7, 11) is 0. The minimum absolute atomic E-state index is 0.104. The average molecular weight is 249 g/mol. The van der Waals surface area contributed by atoms with Gasteiger partial charge < -0.3 is 9.84 Å². The van der Waals surface area contributed by atoms with E-state index in [1.54, 1.807) is 6.92 Å². The van der Waals surface area contributed by atoms with Crippen LogP contribution in [0.3, 0.4) is 0 Å². The van der Waals surface area contributed by atoms with Crippen LogP contribution in [0.15, 0.2) is 12.1 Å². The monoisotopic (exact) mass is 249 g/mol. The highest BCUT2D eigenvalue weighted by atomic mass is 16.6. The molecule has 18 heavy (non-hydrogen) atoms. The Labute approximate surface area is 103 Å². The highest BCUT2D eigenvalue weighted by Gasteiger charge is 2.20. The fraction of sp³-hybridized carbons (Fsp3) is 0.250. The van der Waals surface area contributed by atoms with Gasteiger partial charge in [0.15, 0.2) is 6.10 Å². The summed E-state index contributed by atoms with van der Waals surface area (Å²) < 4.78 is 5.27. The first-order valence-corrected chi connectivity index (χ1v) is 5.02. The molecule has 0 spiro atoms. The molecular weight excluding hydrogens is 238 g/mol. The molecule has 0 aliphatic heterocycles. The molecule has 0 heterocycles. The van der Waals surface area contributed by atoms with E-state index in [1.807, 2.05) is 0 Å². The Morgan fingerprint density at radius 2 is 2.22 bits per heavy atom. The lowest BCUT2D eigenvalue weighted by Crippen LogP contribution is -2.11. The third-order valence-electron chi connectivity index (χ3n) is 2.31. The molecular formula is C12H11NO5. The van der Waals surface area contributed by atoms with Crippen molar-refractivity contribution >= 4 is 11.7 Å². The summed E-state index contributed by atoms with van der Waals surface area (Å²) in [5, 5.41) is 19.7.